The molecule has 2 N–H and O–H groups in total. The Morgan fingerprint density at radius 2 is 1.42 bits per heavy atom. The molecule has 7 nitrogen and oxygen atoms in total. The molecule has 7 heteroatoms. The lowest BCUT2D eigenvalue weighted by atomic mass is 9.90. The fourth-order valence-electron chi connectivity index (χ4n) is 3.37. The number of methoxy groups -OCH3 is 2. The zero-order valence-corrected chi connectivity index (χ0v) is 18.9. The van der Waals surface area contributed by atoms with Gasteiger partial charge in [0.2, 0.25) is 5.91 Å². The molecule has 0 spiro atoms. The van der Waals surface area contributed by atoms with Gasteiger partial charge in [-0.25, -0.2) is 5.43 Å². The lowest BCUT2D eigenvalue weighted by Crippen LogP contribution is -2.38. The Labute approximate surface area is 193 Å². The Bertz CT molecular complexity index is 1080. The van der Waals surface area contributed by atoms with Gasteiger partial charge in [0, 0.05) is 5.56 Å². The number of hydrogen-bond acceptors (Lipinski definition) is 5. The fourth-order valence-corrected chi connectivity index (χ4v) is 3.37. The van der Waals surface area contributed by atoms with E-state index in [1.54, 1.807) is 33.3 Å². The Kier molecular flexibility index (Phi) is 8.18. The van der Waals surface area contributed by atoms with Crippen molar-refractivity contribution >= 4 is 17.5 Å². The average Bonchev–Trinajstić information content (AvgIpc) is 2.87. The standard InChI is InChI=1S/C26H27N3O4/c1-18(21-14-15-22(32-2)23(16-21)33-3)28-29-24(30)17-27-26(31)25(19-10-6-4-7-11-19)20-12-8-5-9-13-20/h4-16,25H,17H2,1-3H3,(H,27,31)(H,29,30)/b28-18-. The number of nitrogens with one attached hydrogen (secondary N) is 2. The van der Waals surface area contributed by atoms with Gasteiger partial charge in [-0.1, -0.05) is 60.7 Å². The number of amides is 2. The largest absolute Gasteiger partial charge is 0.493 e. The zero-order chi connectivity index (χ0) is 23.6. The normalized spacial score (nSPS) is 11.1. The molecule has 0 bridgehead atoms. The van der Waals surface area contributed by atoms with Crippen LogP contribution in [0, 0.1) is 0 Å². The third kappa shape index (κ3) is 6.20. The van der Waals surface area contributed by atoms with Crippen LogP contribution in [0.15, 0.2) is 84.0 Å². The molecule has 33 heavy (non-hydrogen) atoms. The van der Waals surface area contributed by atoms with E-state index in [9.17, 15) is 9.59 Å². The number of carbonyl (C=O) groups is 2. The van der Waals surface area contributed by atoms with Gasteiger partial charge in [-0.15, -0.1) is 0 Å². The van der Waals surface area contributed by atoms with Crippen LogP contribution >= 0.6 is 0 Å². The van der Waals surface area contributed by atoms with Crippen molar-refractivity contribution in [3.05, 3.63) is 95.6 Å². The van der Waals surface area contributed by atoms with Crippen LogP contribution in [0.5, 0.6) is 11.5 Å². The van der Waals surface area contributed by atoms with Crippen molar-refractivity contribution in [2.24, 2.45) is 5.10 Å². The van der Waals surface area contributed by atoms with Gasteiger partial charge >= 0.3 is 0 Å². The van der Waals surface area contributed by atoms with Gasteiger partial charge in [0.15, 0.2) is 11.5 Å². The highest BCUT2D eigenvalue weighted by Crippen LogP contribution is 2.28. The van der Waals surface area contributed by atoms with Crippen LogP contribution in [0.25, 0.3) is 0 Å². The van der Waals surface area contributed by atoms with E-state index in [0.29, 0.717) is 17.2 Å². The molecule has 0 radical (unpaired) electrons. The van der Waals surface area contributed by atoms with Gasteiger partial charge < -0.3 is 14.8 Å². The summed E-state index contributed by atoms with van der Waals surface area (Å²) in [5.74, 6) is -0.0356. The summed E-state index contributed by atoms with van der Waals surface area (Å²) in [5.41, 5.74) is 5.54. The number of carbonyl (C=O) groups excluding carboxylic acids is 2. The quantitative estimate of drug-likeness (QED) is 0.390. The second-order valence-electron chi connectivity index (χ2n) is 7.27. The molecule has 0 saturated heterocycles. The highest BCUT2D eigenvalue weighted by atomic mass is 16.5. The van der Waals surface area contributed by atoms with Crippen LogP contribution in [-0.4, -0.2) is 38.3 Å². The molecule has 0 aliphatic heterocycles. The smallest absolute Gasteiger partial charge is 0.259 e. The van der Waals surface area contributed by atoms with Crippen LogP contribution in [0.4, 0.5) is 0 Å². The first kappa shape index (κ1) is 23.5. The number of hydrazone groups is 1. The zero-order valence-electron chi connectivity index (χ0n) is 18.9. The maximum absolute atomic E-state index is 13.0. The molecule has 170 valence electrons. The summed E-state index contributed by atoms with van der Waals surface area (Å²) in [5, 5.41) is 6.85. The summed E-state index contributed by atoms with van der Waals surface area (Å²) in [7, 11) is 3.11. The van der Waals surface area contributed by atoms with Crippen LogP contribution in [0.2, 0.25) is 0 Å². The summed E-state index contributed by atoms with van der Waals surface area (Å²) in [4.78, 5) is 25.3. The summed E-state index contributed by atoms with van der Waals surface area (Å²) < 4.78 is 10.5. The van der Waals surface area contributed by atoms with Crippen molar-refractivity contribution in [2.45, 2.75) is 12.8 Å². The Morgan fingerprint density at radius 1 is 0.848 bits per heavy atom. The van der Waals surface area contributed by atoms with E-state index in [-0.39, 0.29) is 12.5 Å². The van der Waals surface area contributed by atoms with Crippen molar-refractivity contribution in [3.63, 3.8) is 0 Å². The van der Waals surface area contributed by atoms with E-state index < -0.39 is 11.8 Å². The maximum atomic E-state index is 13.0. The van der Waals surface area contributed by atoms with E-state index in [1.807, 2.05) is 66.7 Å². The van der Waals surface area contributed by atoms with Crippen LogP contribution in [0.3, 0.4) is 0 Å². The number of hydrogen-bond donors (Lipinski definition) is 2. The van der Waals surface area contributed by atoms with Crippen molar-refractivity contribution in [1.82, 2.24) is 10.7 Å². The first-order valence-electron chi connectivity index (χ1n) is 10.5. The highest BCUT2D eigenvalue weighted by Gasteiger charge is 2.22. The summed E-state index contributed by atoms with van der Waals surface area (Å²) in [6.07, 6.45) is 0. The Balaban J connectivity index is 1.64. The van der Waals surface area contributed by atoms with Gasteiger partial charge in [0.25, 0.3) is 5.91 Å². The van der Waals surface area contributed by atoms with Crippen molar-refractivity contribution in [1.29, 1.82) is 0 Å². The van der Waals surface area contributed by atoms with Gasteiger partial charge in [-0.2, -0.15) is 5.10 Å². The second kappa shape index (κ2) is 11.5. The van der Waals surface area contributed by atoms with Crippen molar-refractivity contribution in [2.75, 3.05) is 20.8 Å². The van der Waals surface area contributed by atoms with Crippen molar-refractivity contribution in [3.8, 4) is 11.5 Å². The van der Waals surface area contributed by atoms with Crippen LogP contribution in [-0.2, 0) is 9.59 Å². The third-order valence-corrected chi connectivity index (χ3v) is 5.10. The van der Waals surface area contributed by atoms with E-state index in [2.05, 4.69) is 15.8 Å². The minimum absolute atomic E-state index is 0.197. The van der Waals surface area contributed by atoms with Gasteiger partial charge in [-0.3, -0.25) is 9.59 Å². The number of benzene rings is 3. The molecule has 0 heterocycles. The van der Waals surface area contributed by atoms with E-state index in [1.165, 1.54) is 0 Å². The third-order valence-electron chi connectivity index (χ3n) is 5.10. The van der Waals surface area contributed by atoms with Gasteiger partial charge in [-0.05, 0) is 36.2 Å². The second-order valence-corrected chi connectivity index (χ2v) is 7.27. The Morgan fingerprint density at radius 3 is 1.97 bits per heavy atom. The molecule has 0 aromatic heterocycles. The maximum Gasteiger partial charge on any atom is 0.259 e. The molecular formula is C26H27N3O4. The summed E-state index contributed by atoms with van der Waals surface area (Å²) in [6.45, 7) is 1.57. The molecule has 0 unspecified atom stereocenters. The molecule has 0 saturated carbocycles. The number of rotatable bonds is 9. The van der Waals surface area contributed by atoms with E-state index >= 15 is 0 Å². The molecule has 2 amide bonds. The molecule has 3 rings (SSSR count). The number of nitrogens with zero attached hydrogens (tertiary/aromatic N) is 1. The minimum atomic E-state index is -0.516. The first-order chi connectivity index (χ1) is 16.0. The Hall–Kier alpha value is -4.13. The SMILES string of the molecule is COc1ccc(/C(C)=N\NC(=O)CNC(=O)C(c2ccccc2)c2ccccc2)cc1OC. The molecular weight excluding hydrogens is 418 g/mol. The molecule has 3 aromatic rings. The lowest BCUT2D eigenvalue weighted by Gasteiger charge is -2.17. The average molecular weight is 446 g/mol. The number of ether oxygens (including phenoxy) is 2. The topological polar surface area (TPSA) is 89.0 Å². The van der Waals surface area contributed by atoms with Crippen molar-refractivity contribution < 1.29 is 19.1 Å². The van der Waals surface area contributed by atoms with Crippen LogP contribution < -0.4 is 20.2 Å². The molecule has 0 fully saturated rings. The predicted molar refractivity (Wildman–Crippen MR) is 128 cm³/mol. The summed E-state index contributed by atoms with van der Waals surface area (Å²) in [6, 6.07) is 24.3. The minimum Gasteiger partial charge on any atom is -0.493 e. The highest BCUT2D eigenvalue weighted by molar-refractivity contribution is 6.00. The monoisotopic (exact) mass is 445 g/mol. The predicted octanol–water partition coefficient (Wildman–Crippen LogP) is 3.49. The van der Waals surface area contributed by atoms with Gasteiger partial charge in [0.05, 0.1) is 32.4 Å². The lowest BCUT2D eigenvalue weighted by molar-refractivity contribution is -0.126. The fraction of sp³-hybridized carbons (Fsp3) is 0.192. The van der Waals surface area contributed by atoms with Crippen LogP contribution in [0.1, 0.15) is 29.5 Å². The van der Waals surface area contributed by atoms with E-state index in [4.69, 9.17) is 9.47 Å². The molecule has 0 atom stereocenters. The molecule has 3 aromatic carbocycles. The first-order valence-corrected chi connectivity index (χ1v) is 10.5. The molecule has 0 aliphatic rings. The molecule has 0 aliphatic carbocycles. The van der Waals surface area contributed by atoms with Gasteiger partial charge in [0.1, 0.15) is 0 Å². The van der Waals surface area contributed by atoms with E-state index in [0.717, 1.165) is 16.7 Å². The summed E-state index contributed by atoms with van der Waals surface area (Å²) >= 11 is 0.